The standard InChI is InChI=1S/C15H19ClF2N2O/c1-8(2)11-4-10-6-21-13-9(3)12(16)5-19-14(13)20(10)7-15(11,17)18/h5,8,10-11H,4,6-7H2,1-3H3. The number of pyridine rings is 1. The normalized spacial score (nSPS) is 27.1. The second-order valence-corrected chi connectivity index (χ2v) is 6.73. The third-order valence-electron chi connectivity index (χ3n) is 4.59. The molecular formula is C15H19ClF2N2O. The van der Waals surface area contributed by atoms with Crippen molar-refractivity contribution in [2.75, 3.05) is 18.1 Å². The third-order valence-corrected chi connectivity index (χ3v) is 4.97. The maximum Gasteiger partial charge on any atom is 0.268 e. The van der Waals surface area contributed by atoms with Gasteiger partial charge in [-0.05, 0) is 19.3 Å². The van der Waals surface area contributed by atoms with Crippen LogP contribution < -0.4 is 9.64 Å². The fraction of sp³-hybridized carbons (Fsp3) is 0.667. The summed E-state index contributed by atoms with van der Waals surface area (Å²) in [5.74, 6) is -2.34. The highest BCUT2D eigenvalue weighted by Crippen LogP contribution is 2.46. The average molecular weight is 317 g/mol. The van der Waals surface area contributed by atoms with Gasteiger partial charge in [-0.15, -0.1) is 0 Å². The lowest BCUT2D eigenvalue weighted by molar-refractivity contribution is -0.0929. The van der Waals surface area contributed by atoms with Crippen LogP contribution in [-0.2, 0) is 0 Å². The van der Waals surface area contributed by atoms with Gasteiger partial charge in [0.2, 0.25) is 0 Å². The number of anilines is 1. The van der Waals surface area contributed by atoms with Crippen molar-refractivity contribution in [2.24, 2.45) is 11.8 Å². The maximum absolute atomic E-state index is 14.4. The Morgan fingerprint density at radius 1 is 1.48 bits per heavy atom. The summed E-state index contributed by atoms with van der Waals surface area (Å²) in [5, 5.41) is 0.496. The minimum Gasteiger partial charge on any atom is -0.487 e. The Bertz CT molecular complexity index is 565. The largest absolute Gasteiger partial charge is 0.487 e. The first-order chi connectivity index (χ1) is 9.81. The molecule has 0 bridgehead atoms. The molecule has 3 heterocycles. The number of nitrogens with zero attached hydrogens (tertiary/aromatic N) is 2. The zero-order valence-corrected chi connectivity index (χ0v) is 13.1. The lowest BCUT2D eigenvalue weighted by Crippen LogP contribution is -2.58. The summed E-state index contributed by atoms with van der Waals surface area (Å²) in [4.78, 5) is 5.93. The van der Waals surface area contributed by atoms with Gasteiger partial charge in [0.15, 0.2) is 11.6 Å². The van der Waals surface area contributed by atoms with Crippen LogP contribution in [0.3, 0.4) is 0 Å². The molecule has 1 saturated heterocycles. The van der Waals surface area contributed by atoms with Gasteiger partial charge in [-0.1, -0.05) is 25.4 Å². The van der Waals surface area contributed by atoms with E-state index >= 15 is 0 Å². The van der Waals surface area contributed by atoms with Crippen molar-refractivity contribution in [1.29, 1.82) is 0 Å². The molecular weight excluding hydrogens is 298 g/mol. The van der Waals surface area contributed by atoms with Crippen LogP contribution in [0, 0.1) is 18.8 Å². The van der Waals surface area contributed by atoms with Crippen LogP contribution >= 0.6 is 11.6 Å². The van der Waals surface area contributed by atoms with Gasteiger partial charge in [0.05, 0.1) is 17.6 Å². The first-order valence-corrected chi connectivity index (χ1v) is 7.61. The predicted octanol–water partition coefficient (Wildman–Crippen LogP) is 3.92. The van der Waals surface area contributed by atoms with Crippen LogP contribution in [0.5, 0.6) is 5.75 Å². The second kappa shape index (κ2) is 4.97. The molecule has 116 valence electrons. The molecule has 0 aromatic carbocycles. The summed E-state index contributed by atoms with van der Waals surface area (Å²) in [7, 11) is 0. The van der Waals surface area contributed by atoms with Gasteiger partial charge in [-0.25, -0.2) is 13.8 Å². The Kier molecular flexibility index (Phi) is 3.51. The molecule has 1 aromatic heterocycles. The van der Waals surface area contributed by atoms with Crippen molar-refractivity contribution < 1.29 is 13.5 Å². The monoisotopic (exact) mass is 316 g/mol. The van der Waals surface area contributed by atoms with Gasteiger partial charge in [-0.3, -0.25) is 0 Å². The van der Waals surface area contributed by atoms with Crippen molar-refractivity contribution in [3.8, 4) is 5.75 Å². The molecule has 0 saturated carbocycles. The molecule has 0 radical (unpaired) electrons. The summed E-state index contributed by atoms with van der Waals surface area (Å²) in [6, 6.07) is -0.0439. The van der Waals surface area contributed by atoms with Crippen LogP contribution in [0.25, 0.3) is 0 Å². The van der Waals surface area contributed by atoms with Crippen LogP contribution in [-0.4, -0.2) is 30.1 Å². The van der Waals surface area contributed by atoms with E-state index in [1.54, 1.807) is 4.90 Å². The van der Waals surface area contributed by atoms with E-state index in [0.29, 0.717) is 29.6 Å². The fourth-order valence-electron chi connectivity index (χ4n) is 3.34. The van der Waals surface area contributed by atoms with Gasteiger partial charge in [0.25, 0.3) is 5.92 Å². The number of aromatic nitrogens is 1. The van der Waals surface area contributed by atoms with Crippen LogP contribution in [0.15, 0.2) is 6.20 Å². The van der Waals surface area contributed by atoms with E-state index in [2.05, 4.69) is 4.98 Å². The van der Waals surface area contributed by atoms with E-state index in [1.165, 1.54) is 6.20 Å². The van der Waals surface area contributed by atoms with E-state index in [4.69, 9.17) is 16.3 Å². The quantitative estimate of drug-likeness (QED) is 0.785. The van der Waals surface area contributed by atoms with Crippen molar-refractivity contribution in [3.05, 3.63) is 16.8 Å². The fourth-order valence-corrected chi connectivity index (χ4v) is 3.47. The number of halogens is 3. The lowest BCUT2D eigenvalue weighted by Gasteiger charge is -2.48. The Labute approximate surface area is 128 Å². The summed E-state index contributed by atoms with van der Waals surface area (Å²) < 4.78 is 34.6. The molecule has 0 spiro atoms. The van der Waals surface area contributed by atoms with Crippen molar-refractivity contribution >= 4 is 17.4 Å². The first-order valence-electron chi connectivity index (χ1n) is 7.23. The molecule has 2 aliphatic rings. The number of ether oxygens (including phenoxy) is 1. The number of hydrogen-bond donors (Lipinski definition) is 0. The molecule has 3 rings (SSSR count). The van der Waals surface area contributed by atoms with E-state index in [-0.39, 0.29) is 18.5 Å². The second-order valence-electron chi connectivity index (χ2n) is 6.32. The van der Waals surface area contributed by atoms with Gasteiger partial charge >= 0.3 is 0 Å². The third kappa shape index (κ3) is 2.35. The minimum atomic E-state index is -2.71. The molecule has 2 atom stereocenters. The number of piperidine rings is 1. The molecule has 21 heavy (non-hydrogen) atoms. The summed E-state index contributed by atoms with van der Waals surface area (Å²) >= 11 is 6.03. The van der Waals surface area contributed by atoms with Gasteiger partial charge in [0.1, 0.15) is 6.61 Å². The highest BCUT2D eigenvalue weighted by atomic mass is 35.5. The SMILES string of the molecule is Cc1c(Cl)cnc2c1OCC1CC(C(C)C)C(F)(F)CN21. The van der Waals surface area contributed by atoms with Crippen LogP contribution in [0.1, 0.15) is 25.8 Å². The van der Waals surface area contributed by atoms with E-state index in [0.717, 1.165) is 5.56 Å². The van der Waals surface area contributed by atoms with Crippen molar-refractivity contribution in [1.82, 2.24) is 4.98 Å². The molecule has 1 fully saturated rings. The van der Waals surface area contributed by atoms with E-state index in [9.17, 15) is 8.78 Å². The topological polar surface area (TPSA) is 25.4 Å². The van der Waals surface area contributed by atoms with Crippen LogP contribution in [0.4, 0.5) is 14.6 Å². The molecule has 2 unspecified atom stereocenters. The summed E-state index contributed by atoms with van der Waals surface area (Å²) in [6.07, 6.45) is 1.93. The highest BCUT2D eigenvalue weighted by Gasteiger charge is 2.51. The smallest absolute Gasteiger partial charge is 0.268 e. The van der Waals surface area contributed by atoms with Gasteiger partial charge < -0.3 is 9.64 Å². The zero-order valence-electron chi connectivity index (χ0n) is 12.4. The average Bonchev–Trinajstić information content (AvgIpc) is 2.40. The van der Waals surface area contributed by atoms with Crippen molar-refractivity contribution in [2.45, 2.75) is 39.2 Å². The number of hydrogen-bond acceptors (Lipinski definition) is 3. The maximum atomic E-state index is 14.4. The predicted molar refractivity (Wildman–Crippen MR) is 78.5 cm³/mol. The number of alkyl halides is 2. The molecule has 0 amide bonds. The zero-order chi connectivity index (χ0) is 15.4. The molecule has 0 aliphatic carbocycles. The Morgan fingerprint density at radius 2 is 2.19 bits per heavy atom. The molecule has 0 N–H and O–H groups in total. The lowest BCUT2D eigenvalue weighted by atomic mass is 9.80. The van der Waals surface area contributed by atoms with Gasteiger partial charge in [0, 0.05) is 17.7 Å². The van der Waals surface area contributed by atoms with Gasteiger partial charge in [-0.2, -0.15) is 0 Å². The number of fused-ring (bicyclic) bond motifs is 3. The Balaban J connectivity index is 1.98. The van der Waals surface area contributed by atoms with Crippen LogP contribution in [0.2, 0.25) is 5.02 Å². The molecule has 1 aromatic rings. The Morgan fingerprint density at radius 3 is 2.86 bits per heavy atom. The number of rotatable bonds is 1. The highest BCUT2D eigenvalue weighted by molar-refractivity contribution is 6.31. The summed E-state index contributed by atoms with van der Waals surface area (Å²) in [6.45, 7) is 5.64. The first kappa shape index (κ1) is 14.8. The van der Waals surface area contributed by atoms with Crippen molar-refractivity contribution in [3.63, 3.8) is 0 Å². The molecule has 2 aliphatic heterocycles. The van der Waals surface area contributed by atoms with E-state index < -0.39 is 11.8 Å². The molecule has 6 heteroatoms. The molecule has 3 nitrogen and oxygen atoms in total. The minimum absolute atomic E-state index is 0.0439. The summed E-state index contributed by atoms with van der Waals surface area (Å²) in [5.41, 5.74) is 0.759. The van der Waals surface area contributed by atoms with E-state index in [1.807, 2.05) is 20.8 Å². The Hall–Kier alpha value is -1.10.